The van der Waals surface area contributed by atoms with Gasteiger partial charge in [-0.15, -0.1) is 0 Å². The largest absolute Gasteiger partial charge is 0.587 e. The summed E-state index contributed by atoms with van der Waals surface area (Å²) in [7, 11) is -1.58. The average Bonchev–Trinajstić information content (AvgIpc) is 2.04. The van der Waals surface area contributed by atoms with Crippen molar-refractivity contribution in [3.8, 4) is 0 Å². The molecule has 0 aromatic heterocycles. The van der Waals surface area contributed by atoms with Crippen molar-refractivity contribution in [2.45, 2.75) is 6.92 Å². The Hall–Kier alpha value is -1.14. The molecule has 0 unspecified atom stereocenters. The summed E-state index contributed by atoms with van der Waals surface area (Å²) in [5.74, 6) is 0. The Morgan fingerprint density at radius 2 is 2.42 bits per heavy atom. The highest BCUT2D eigenvalue weighted by Crippen LogP contribution is 2.12. The highest BCUT2D eigenvalue weighted by atomic mass is 16.4. The van der Waals surface area contributed by atoms with Gasteiger partial charge in [0.25, 0.3) is 0 Å². The molecule has 0 bridgehead atoms. The summed E-state index contributed by atoms with van der Waals surface area (Å²) in [6.07, 6.45) is 2.04. The van der Waals surface area contributed by atoms with Crippen LogP contribution in [0, 0.1) is 0 Å². The molecule has 0 atom stereocenters. The number of nitrogens with zero attached hydrogens (tertiary/aromatic N) is 2. The van der Waals surface area contributed by atoms with Crippen LogP contribution in [0.2, 0.25) is 0 Å². The van der Waals surface area contributed by atoms with E-state index in [-0.39, 0.29) is 5.70 Å². The molecule has 0 spiro atoms. The minimum atomic E-state index is -1.58. The highest BCUT2D eigenvalue weighted by Gasteiger charge is 2.23. The minimum Gasteiger partial charge on any atom is -0.408 e. The molecule has 0 amide bonds. The number of aliphatic imine (C=N–C) groups is 1. The van der Waals surface area contributed by atoms with Crippen molar-refractivity contribution in [3.05, 3.63) is 11.4 Å². The third-order valence-corrected chi connectivity index (χ3v) is 1.70. The van der Waals surface area contributed by atoms with Crippen molar-refractivity contribution in [1.82, 2.24) is 4.81 Å². The molecule has 0 saturated heterocycles. The van der Waals surface area contributed by atoms with E-state index >= 15 is 0 Å². The highest BCUT2D eigenvalue weighted by molar-refractivity contribution is 6.38. The summed E-state index contributed by atoms with van der Waals surface area (Å²) < 4.78 is 0. The number of allylic oxidation sites excluding steroid dienone is 2. The van der Waals surface area contributed by atoms with Crippen LogP contribution in [0.25, 0.3) is 0 Å². The predicted octanol–water partition coefficient (Wildman–Crippen LogP) is -1.23. The van der Waals surface area contributed by atoms with E-state index in [0.29, 0.717) is 18.5 Å². The van der Waals surface area contributed by atoms with Gasteiger partial charge >= 0.3 is 7.25 Å². The zero-order valence-electron chi connectivity index (χ0n) is 6.64. The summed E-state index contributed by atoms with van der Waals surface area (Å²) in [6, 6.07) is 0. The monoisotopic (exact) mass is 168 g/mol. The second-order valence-corrected chi connectivity index (χ2v) is 2.40. The van der Waals surface area contributed by atoms with Crippen LogP contribution in [0.15, 0.2) is 16.4 Å². The maximum atomic E-state index is 10.4. The number of hydrogen-bond acceptors (Lipinski definition) is 5. The molecule has 5 nitrogen and oxygen atoms in total. The van der Waals surface area contributed by atoms with Gasteiger partial charge in [0.05, 0.1) is 0 Å². The first-order chi connectivity index (χ1) is 5.66. The van der Waals surface area contributed by atoms with Gasteiger partial charge in [-0.25, -0.2) is 0 Å². The van der Waals surface area contributed by atoms with Crippen molar-refractivity contribution in [3.63, 3.8) is 0 Å². The van der Waals surface area contributed by atoms with Gasteiger partial charge in [0.1, 0.15) is 5.70 Å². The molecule has 64 valence electrons. The molecule has 1 heterocycles. The van der Waals surface area contributed by atoms with Gasteiger partial charge in [-0.05, 0) is 6.92 Å². The average molecular weight is 168 g/mol. The van der Waals surface area contributed by atoms with E-state index in [2.05, 4.69) is 4.99 Å². The SMILES string of the molecule is CC1=C(C=O)N=CCN1B(O)O. The molecule has 0 aliphatic carbocycles. The van der Waals surface area contributed by atoms with E-state index in [4.69, 9.17) is 10.0 Å². The molecular formula is C6H9BN2O3. The molecule has 2 N–H and O–H groups in total. The summed E-state index contributed by atoms with van der Waals surface area (Å²) >= 11 is 0. The van der Waals surface area contributed by atoms with Gasteiger partial charge < -0.3 is 14.9 Å². The Morgan fingerprint density at radius 1 is 1.75 bits per heavy atom. The fourth-order valence-electron chi connectivity index (χ4n) is 0.988. The van der Waals surface area contributed by atoms with E-state index in [9.17, 15) is 4.79 Å². The molecular weight excluding hydrogens is 159 g/mol. The van der Waals surface area contributed by atoms with Gasteiger partial charge in [-0.3, -0.25) is 9.79 Å². The number of aldehydes is 1. The molecule has 12 heavy (non-hydrogen) atoms. The van der Waals surface area contributed by atoms with E-state index in [1.807, 2.05) is 0 Å². The predicted molar refractivity (Wildman–Crippen MR) is 44.2 cm³/mol. The normalized spacial score (nSPS) is 16.8. The third-order valence-electron chi connectivity index (χ3n) is 1.70. The first-order valence-electron chi connectivity index (χ1n) is 3.48. The molecule has 1 rings (SSSR count). The lowest BCUT2D eigenvalue weighted by atomic mass is 10.0. The van der Waals surface area contributed by atoms with Crippen LogP contribution >= 0.6 is 0 Å². The molecule has 0 aromatic rings. The second-order valence-electron chi connectivity index (χ2n) is 2.40. The Kier molecular flexibility index (Phi) is 2.62. The fraction of sp³-hybridized carbons (Fsp3) is 0.333. The second kappa shape index (κ2) is 3.51. The molecule has 0 aromatic carbocycles. The zero-order valence-corrected chi connectivity index (χ0v) is 6.64. The number of carbonyl (C=O) groups is 1. The number of rotatable bonds is 2. The van der Waals surface area contributed by atoms with Crippen LogP contribution in [0.4, 0.5) is 0 Å². The molecule has 1 aliphatic rings. The first-order valence-corrected chi connectivity index (χ1v) is 3.48. The van der Waals surface area contributed by atoms with Crippen molar-refractivity contribution in [2.24, 2.45) is 4.99 Å². The molecule has 6 heteroatoms. The van der Waals surface area contributed by atoms with E-state index < -0.39 is 7.25 Å². The summed E-state index contributed by atoms with van der Waals surface area (Å²) in [4.78, 5) is 15.4. The summed E-state index contributed by atoms with van der Waals surface area (Å²) in [5.41, 5.74) is 0.705. The van der Waals surface area contributed by atoms with Gasteiger partial charge in [0, 0.05) is 18.5 Å². The molecule has 0 saturated carbocycles. The lowest BCUT2D eigenvalue weighted by Gasteiger charge is -2.25. The lowest BCUT2D eigenvalue weighted by Crippen LogP contribution is -2.41. The standard InChI is InChI=1S/C6H9BN2O3/c1-5-6(4-10)8-2-3-9(5)7(11)12/h2,4,11-12H,3H2,1H3. The van der Waals surface area contributed by atoms with Crippen molar-refractivity contribution in [1.29, 1.82) is 0 Å². The number of carbonyl (C=O) groups excluding carboxylic acids is 1. The minimum absolute atomic E-state index is 0.231. The quantitative estimate of drug-likeness (QED) is 0.400. The van der Waals surface area contributed by atoms with Crippen molar-refractivity contribution in [2.75, 3.05) is 6.54 Å². The first kappa shape index (κ1) is 8.96. The van der Waals surface area contributed by atoms with Crippen LogP contribution in [-0.4, -0.2) is 41.2 Å². The molecule has 1 aliphatic heterocycles. The Balaban J connectivity index is 2.90. The Bertz CT molecular complexity index is 249. The lowest BCUT2D eigenvalue weighted by molar-refractivity contribution is -0.105. The van der Waals surface area contributed by atoms with E-state index in [0.717, 1.165) is 0 Å². The van der Waals surface area contributed by atoms with Gasteiger partial charge in [0.15, 0.2) is 6.29 Å². The van der Waals surface area contributed by atoms with Gasteiger partial charge in [0.2, 0.25) is 0 Å². The molecule has 0 fully saturated rings. The van der Waals surface area contributed by atoms with Crippen molar-refractivity contribution < 1.29 is 14.8 Å². The van der Waals surface area contributed by atoms with Gasteiger partial charge in [-0.1, -0.05) is 0 Å². The topological polar surface area (TPSA) is 73.1 Å². The van der Waals surface area contributed by atoms with Crippen LogP contribution in [0.3, 0.4) is 0 Å². The Morgan fingerprint density at radius 3 is 2.92 bits per heavy atom. The zero-order chi connectivity index (χ0) is 9.14. The summed E-state index contributed by atoms with van der Waals surface area (Å²) in [6.45, 7) is 1.92. The Labute approximate surface area is 70.2 Å². The van der Waals surface area contributed by atoms with Gasteiger partial charge in [-0.2, -0.15) is 0 Å². The smallest absolute Gasteiger partial charge is 0.408 e. The van der Waals surface area contributed by atoms with Crippen LogP contribution in [0.1, 0.15) is 6.92 Å². The third kappa shape index (κ3) is 1.54. The number of hydrogen-bond donors (Lipinski definition) is 2. The van der Waals surface area contributed by atoms with Crippen LogP contribution in [-0.2, 0) is 4.79 Å². The van der Waals surface area contributed by atoms with Crippen LogP contribution < -0.4 is 0 Å². The van der Waals surface area contributed by atoms with Crippen molar-refractivity contribution >= 4 is 19.8 Å². The van der Waals surface area contributed by atoms with E-state index in [1.165, 1.54) is 11.0 Å². The van der Waals surface area contributed by atoms with Crippen LogP contribution in [0.5, 0.6) is 0 Å². The molecule has 0 radical (unpaired) electrons. The van der Waals surface area contributed by atoms with E-state index in [1.54, 1.807) is 6.92 Å². The fourth-order valence-corrected chi connectivity index (χ4v) is 0.988. The maximum absolute atomic E-state index is 10.4. The maximum Gasteiger partial charge on any atom is 0.587 e. The summed E-state index contributed by atoms with van der Waals surface area (Å²) in [5, 5.41) is 17.7.